The molecule has 0 spiro atoms. The lowest BCUT2D eigenvalue weighted by molar-refractivity contribution is -0.398. The predicted molar refractivity (Wildman–Crippen MR) is 385 cm³/mol. The number of ether oxygens (including phenoxy) is 19. The van der Waals surface area contributed by atoms with Crippen molar-refractivity contribution < 1.29 is 237 Å². The van der Waals surface area contributed by atoms with Crippen molar-refractivity contribution in [2.45, 2.75) is 304 Å². The monoisotopic (exact) mass is 1800 g/mol. The molecule has 0 aromatic carbocycles. The number of carbonyl (C=O) groups is 3. The van der Waals surface area contributed by atoms with Gasteiger partial charge in [-0.15, -0.1) is 0 Å². The Bertz CT molecular complexity index is 3270. The number of azide groups is 1. The fourth-order valence-electron chi connectivity index (χ4n) is 15.4. The molecule has 3 amide bonds. The Kier molecular flexibility index (Phi) is 38.9. The van der Waals surface area contributed by atoms with Crippen molar-refractivity contribution in [3.8, 4) is 0 Å². The summed E-state index contributed by atoms with van der Waals surface area (Å²) in [6.07, 6.45) is -85.0. The van der Waals surface area contributed by atoms with Gasteiger partial charge in [-0.2, -0.15) is 0 Å². The average Bonchev–Trinajstić information content (AvgIpc) is 0.765. The first-order chi connectivity index (χ1) is 58.4. The van der Waals surface area contributed by atoms with Gasteiger partial charge in [-0.3, -0.25) is 14.4 Å². The minimum atomic E-state index is -2.69. The van der Waals surface area contributed by atoms with Gasteiger partial charge in [-0.25, -0.2) is 0 Å². The number of nitrogens with zero attached hydrogens (tertiary/aromatic N) is 3. The number of amides is 3. The maximum Gasteiger partial charge on any atom is 0.280 e. The molecule has 0 bridgehead atoms. The molecule has 46 atom stereocenters. The summed E-state index contributed by atoms with van der Waals surface area (Å²) in [7, 11) is 0. The molecule has 712 valence electrons. The molecule has 0 saturated carbocycles. The molecule has 54 nitrogen and oxygen atoms in total. The van der Waals surface area contributed by atoms with Crippen molar-refractivity contribution >= 4 is 17.7 Å². The molecule has 9 heterocycles. The summed E-state index contributed by atoms with van der Waals surface area (Å²) in [4.78, 5) is 42.9. The largest absolute Gasteiger partial charge is 0.394 e. The summed E-state index contributed by atoms with van der Waals surface area (Å²) in [6, 6.07) is -3.90. The first kappa shape index (κ1) is 103. The van der Waals surface area contributed by atoms with Crippen LogP contribution < -0.4 is 16.0 Å². The van der Waals surface area contributed by atoms with Crippen molar-refractivity contribution in [3.05, 3.63) is 10.4 Å². The van der Waals surface area contributed by atoms with Gasteiger partial charge in [0.1, 0.15) is 195 Å². The summed E-state index contributed by atoms with van der Waals surface area (Å²) in [5, 5.41) is 300. The Morgan fingerprint density at radius 3 is 1.33 bits per heavy atom. The smallest absolute Gasteiger partial charge is 0.280 e. The first-order valence-electron chi connectivity index (χ1n) is 39.7. The third-order valence-electron chi connectivity index (χ3n) is 22.6. The highest BCUT2D eigenvalue weighted by molar-refractivity contribution is 5.84. The number of nitrogens with one attached hydrogen (secondary N) is 3. The second kappa shape index (κ2) is 46.6. The van der Waals surface area contributed by atoms with E-state index in [4.69, 9.17) is 95.5 Å². The second-order valence-corrected chi connectivity index (χ2v) is 31.0. The van der Waals surface area contributed by atoms with Gasteiger partial charge in [0.2, 0.25) is 11.8 Å². The van der Waals surface area contributed by atoms with Crippen molar-refractivity contribution in [2.24, 2.45) is 17.0 Å². The fourth-order valence-corrected chi connectivity index (χ4v) is 15.4. The molecule has 9 rings (SSSR count). The van der Waals surface area contributed by atoms with Crippen LogP contribution in [0.5, 0.6) is 0 Å². The van der Waals surface area contributed by atoms with Crippen molar-refractivity contribution in [3.63, 3.8) is 0 Å². The third-order valence-corrected chi connectivity index (χ3v) is 22.6. The highest BCUT2D eigenvalue weighted by atomic mass is 16.8. The molecule has 9 saturated heterocycles. The molecule has 9 aliphatic heterocycles. The summed E-state index contributed by atoms with van der Waals surface area (Å²) < 4.78 is 112. The molecule has 9 aliphatic rings. The molecule has 0 aromatic rings. The van der Waals surface area contributed by atoms with Crippen LogP contribution in [0.1, 0.15) is 34.1 Å². The molecular formula is C69H118N6O48. The van der Waals surface area contributed by atoms with Crippen molar-refractivity contribution in [1.82, 2.24) is 16.0 Å². The molecular weight excluding hydrogens is 1680 g/mol. The molecule has 54 heteroatoms. The van der Waals surface area contributed by atoms with Gasteiger partial charge in [0.15, 0.2) is 50.3 Å². The number of carbonyl (C=O) groups excluding carboxylic acids is 3. The summed E-state index contributed by atoms with van der Waals surface area (Å²) in [6.45, 7) is -5.47. The van der Waals surface area contributed by atoms with Crippen LogP contribution >= 0.6 is 0 Å². The number of rotatable bonds is 39. The minimum absolute atomic E-state index is 0.00623. The number of hydrogen-bond acceptors (Lipinski definition) is 49. The van der Waals surface area contributed by atoms with Gasteiger partial charge in [-0.1, -0.05) is 19.0 Å². The van der Waals surface area contributed by atoms with E-state index in [0.29, 0.717) is 0 Å². The van der Waals surface area contributed by atoms with Gasteiger partial charge in [0, 0.05) is 50.1 Å². The van der Waals surface area contributed by atoms with E-state index < -0.39 is 365 Å². The summed E-state index contributed by atoms with van der Waals surface area (Å²) in [5.41, 5.74) is 8.47. The Balaban J connectivity index is 0.965. The maximum atomic E-state index is 14.3. The van der Waals surface area contributed by atoms with Crippen LogP contribution in [0.2, 0.25) is 0 Å². The first-order valence-corrected chi connectivity index (χ1v) is 39.7. The zero-order valence-electron chi connectivity index (χ0n) is 66.7. The highest BCUT2D eigenvalue weighted by Crippen LogP contribution is 2.42. The zero-order valence-corrected chi connectivity index (χ0v) is 66.7. The second-order valence-electron chi connectivity index (χ2n) is 31.0. The Labute approximate surface area is 699 Å². The molecule has 29 N–H and O–H groups in total. The van der Waals surface area contributed by atoms with E-state index in [1.54, 1.807) is 0 Å². The van der Waals surface area contributed by atoms with Crippen LogP contribution in [0.4, 0.5) is 0 Å². The Morgan fingerprint density at radius 2 is 0.837 bits per heavy atom. The fraction of sp³-hybridized carbons (Fsp3) is 0.957. The van der Waals surface area contributed by atoms with Crippen LogP contribution in [0.25, 0.3) is 10.4 Å². The van der Waals surface area contributed by atoms with Gasteiger partial charge < -0.3 is 239 Å². The van der Waals surface area contributed by atoms with Crippen LogP contribution in [-0.4, -0.2) is 519 Å². The van der Waals surface area contributed by atoms with Crippen LogP contribution in [-0.2, 0) is 104 Å². The molecule has 0 radical (unpaired) electrons. The summed E-state index contributed by atoms with van der Waals surface area (Å²) in [5.74, 6) is -8.07. The van der Waals surface area contributed by atoms with E-state index in [1.165, 1.54) is 13.8 Å². The zero-order chi connectivity index (χ0) is 90.5. The van der Waals surface area contributed by atoms with Crippen molar-refractivity contribution in [2.75, 3.05) is 99.0 Å². The number of aliphatic hydroxyl groups is 26. The third kappa shape index (κ3) is 24.0. The standard InChI is InChI=1S/C69H118N6O48/c1-21-25(85)11-69(123-53(21)38(88)26(86)12-76,68(104)71-5-7-105-9-10-106-8-6-72-75-70)108-20-34-42(92)47(97)51(101)64(116-34)119-56-32(18-82)114-62(36(45(56)95)74-24(4)84)122-59-49(99)41(91)29(15-79)112-67(59)120-57-43(93)33(115-65(52(57)102)117-54-30(16-80)109-60(103)22(2)37(54)87)19-107-66-58(48(98)40(90)28(14-78)111-66)121-61-35(73-23(3)83)44(94)55(31(17-81)113-61)118-63-50(100)46(96)39(89)27(13-77)110-63/h21-22,25-67,76-82,85-103H,5-20H2,1-4H3,(H,71,104)(H,73,83)(H,74,84)/t21?,22?,25?,26-,27?,28?,29?,30?,31?,32?,33?,34?,35?,36?,37?,38-,39?,40?,41?,42?,43?,44?,45?,46?,47?,48?,49?,50?,51?,52?,53?,54?,55?,56?,57?,58?,59?,60?,61?,62?,63?,64?,65?,66?,67?,69?/m1/s1. The highest BCUT2D eigenvalue weighted by Gasteiger charge is 2.62. The minimum Gasteiger partial charge on any atom is -0.394 e. The number of hydrogen-bond donors (Lipinski definition) is 29. The van der Waals surface area contributed by atoms with Gasteiger partial charge in [-0.05, 0) is 5.53 Å². The van der Waals surface area contributed by atoms with E-state index in [9.17, 15) is 147 Å². The summed E-state index contributed by atoms with van der Waals surface area (Å²) >= 11 is 0. The lowest BCUT2D eigenvalue weighted by atomic mass is 9.84. The Hall–Kier alpha value is -4.08. The van der Waals surface area contributed by atoms with Crippen molar-refractivity contribution in [1.29, 1.82) is 0 Å². The SMILES string of the molecule is CC(=O)NC1C(OC2C(OCC3OC(OC4C(CO)OC(O)C(C)C4O)C(O)C(OC4OC(CO)C(O)C(O)C4OC4OC(CO)C(OC5OC(COC6(C(=O)NCCOCCOCCN=[N+]=[N-])CC(O)C(C)C([C@H](O)[C@H](O)CO)O6)C(O)C(O)C5O)C(O)C4NC(C)=O)C3O)OC(CO)C(O)C2O)OC(CO)C(OC2OC(CO)C(O)C(O)C2O)C1O. The molecule has 0 aliphatic carbocycles. The Morgan fingerprint density at radius 1 is 0.431 bits per heavy atom. The topological polar surface area (TPSA) is 837 Å². The van der Waals surface area contributed by atoms with E-state index in [2.05, 4.69) is 26.0 Å². The van der Waals surface area contributed by atoms with Crippen LogP contribution in [0.3, 0.4) is 0 Å². The normalized spacial score (nSPS) is 46.1. The lowest BCUT2D eigenvalue weighted by Gasteiger charge is -2.51. The average molecular weight is 1800 g/mol. The van der Waals surface area contributed by atoms with Crippen LogP contribution in [0, 0.1) is 11.8 Å². The van der Waals surface area contributed by atoms with Gasteiger partial charge in [0.05, 0.1) is 104 Å². The van der Waals surface area contributed by atoms with E-state index in [1.807, 2.05) is 0 Å². The lowest BCUT2D eigenvalue weighted by Crippen LogP contribution is -2.70. The van der Waals surface area contributed by atoms with E-state index in [0.717, 1.165) is 13.8 Å². The quantitative estimate of drug-likeness (QED) is 0.0118. The molecule has 123 heavy (non-hydrogen) atoms. The maximum absolute atomic E-state index is 14.3. The van der Waals surface area contributed by atoms with Crippen LogP contribution in [0.15, 0.2) is 5.11 Å². The van der Waals surface area contributed by atoms with Gasteiger partial charge >= 0.3 is 0 Å². The molecule has 9 fully saturated rings. The van der Waals surface area contributed by atoms with E-state index >= 15 is 0 Å². The predicted octanol–water partition coefficient (Wildman–Crippen LogP) is -18.2. The number of aliphatic hydroxyl groups excluding tert-OH is 26. The van der Waals surface area contributed by atoms with Gasteiger partial charge in [0.25, 0.3) is 11.7 Å². The molecule has 0 aromatic heterocycles. The molecule has 44 unspecified atom stereocenters. The van der Waals surface area contributed by atoms with E-state index in [-0.39, 0.29) is 39.5 Å².